The van der Waals surface area contributed by atoms with E-state index in [1.165, 1.54) is 6.42 Å². The van der Waals surface area contributed by atoms with Gasteiger partial charge < -0.3 is 20.4 Å². The number of nitrogens with zero attached hydrogens (tertiary/aromatic N) is 1. The van der Waals surface area contributed by atoms with Crippen molar-refractivity contribution in [3.63, 3.8) is 0 Å². The fourth-order valence-electron chi connectivity index (χ4n) is 2.68. The second kappa shape index (κ2) is 5.33. The Bertz CT molecular complexity index is 275. The molecule has 5 heteroatoms. The van der Waals surface area contributed by atoms with Crippen molar-refractivity contribution < 1.29 is 15.0 Å². The molecule has 2 aliphatic rings. The lowest BCUT2D eigenvalue weighted by molar-refractivity contribution is -0.131. The van der Waals surface area contributed by atoms with Crippen LogP contribution >= 0.6 is 0 Å². The maximum Gasteiger partial charge on any atom is 0.224 e. The average molecular weight is 242 g/mol. The Kier molecular flexibility index (Phi) is 4.01. The van der Waals surface area contributed by atoms with Crippen molar-refractivity contribution in [2.75, 3.05) is 19.6 Å². The Morgan fingerprint density at radius 2 is 2.00 bits per heavy atom. The van der Waals surface area contributed by atoms with E-state index < -0.39 is 12.2 Å². The predicted octanol–water partition coefficient (Wildman–Crippen LogP) is -0.671. The molecule has 2 heterocycles. The highest BCUT2D eigenvalue weighted by atomic mass is 16.3. The van der Waals surface area contributed by atoms with Gasteiger partial charge in [-0.1, -0.05) is 6.92 Å². The first-order chi connectivity index (χ1) is 8.08. The van der Waals surface area contributed by atoms with Crippen LogP contribution in [0.2, 0.25) is 0 Å². The van der Waals surface area contributed by atoms with E-state index in [1.54, 1.807) is 4.90 Å². The molecule has 17 heavy (non-hydrogen) atoms. The number of carbonyl (C=O) groups excluding carboxylic acids is 1. The summed E-state index contributed by atoms with van der Waals surface area (Å²) in [5.41, 5.74) is 0. The SMILES string of the molecule is CC1CCCNC1CC(=O)N1CC(O)C(O)C1. The molecule has 0 radical (unpaired) electrons. The van der Waals surface area contributed by atoms with Crippen molar-refractivity contribution in [3.8, 4) is 0 Å². The van der Waals surface area contributed by atoms with E-state index in [4.69, 9.17) is 0 Å². The van der Waals surface area contributed by atoms with E-state index in [9.17, 15) is 15.0 Å². The Morgan fingerprint density at radius 1 is 1.35 bits per heavy atom. The third kappa shape index (κ3) is 2.97. The number of piperidine rings is 1. The van der Waals surface area contributed by atoms with Crippen molar-refractivity contribution in [2.24, 2.45) is 5.92 Å². The van der Waals surface area contributed by atoms with Gasteiger partial charge in [0.05, 0.1) is 12.2 Å². The summed E-state index contributed by atoms with van der Waals surface area (Å²) in [6.07, 6.45) is 1.25. The maximum atomic E-state index is 12.0. The molecule has 2 aliphatic heterocycles. The van der Waals surface area contributed by atoms with Gasteiger partial charge in [0.2, 0.25) is 5.91 Å². The fraction of sp³-hybridized carbons (Fsp3) is 0.917. The molecule has 0 aromatic heterocycles. The molecule has 2 saturated heterocycles. The zero-order valence-corrected chi connectivity index (χ0v) is 10.3. The minimum Gasteiger partial charge on any atom is -0.388 e. The number of aliphatic hydroxyl groups excluding tert-OH is 2. The Hall–Kier alpha value is -0.650. The van der Waals surface area contributed by atoms with Crippen LogP contribution in [0.3, 0.4) is 0 Å². The summed E-state index contributed by atoms with van der Waals surface area (Å²) in [7, 11) is 0. The summed E-state index contributed by atoms with van der Waals surface area (Å²) in [5, 5.41) is 22.2. The third-order valence-electron chi connectivity index (χ3n) is 3.94. The van der Waals surface area contributed by atoms with Crippen LogP contribution < -0.4 is 5.32 Å². The van der Waals surface area contributed by atoms with Crippen LogP contribution in [0.25, 0.3) is 0 Å². The summed E-state index contributed by atoms with van der Waals surface area (Å²) >= 11 is 0. The van der Waals surface area contributed by atoms with E-state index in [1.807, 2.05) is 0 Å². The van der Waals surface area contributed by atoms with Gasteiger partial charge in [-0.2, -0.15) is 0 Å². The molecule has 0 aromatic carbocycles. The number of amides is 1. The minimum absolute atomic E-state index is 0.0341. The topological polar surface area (TPSA) is 72.8 Å². The van der Waals surface area contributed by atoms with Crippen LogP contribution in [-0.4, -0.2) is 58.9 Å². The molecule has 98 valence electrons. The molecule has 4 atom stereocenters. The van der Waals surface area contributed by atoms with Crippen LogP contribution in [0.5, 0.6) is 0 Å². The number of β-amino-alcohol motifs (C(OH)–C–C–N with tert-alkyl or cyclic N) is 2. The Balaban J connectivity index is 1.84. The Labute approximate surface area is 102 Å². The van der Waals surface area contributed by atoms with Gasteiger partial charge in [0, 0.05) is 25.6 Å². The second-order valence-corrected chi connectivity index (χ2v) is 5.32. The van der Waals surface area contributed by atoms with E-state index in [2.05, 4.69) is 12.2 Å². The van der Waals surface area contributed by atoms with E-state index >= 15 is 0 Å². The number of carbonyl (C=O) groups is 1. The molecule has 5 nitrogen and oxygen atoms in total. The fourth-order valence-corrected chi connectivity index (χ4v) is 2.68. The standard InChI is InChI=1S/C12H22N2O3/c1-8-3-2-4-13-9(8)5-12(17)14-6-10(15)11(16)7-14/h8-11,13,15-16H,2-7H2,1H3. The van der Waals surface area contributed by atoms with E-state index in [0.29, 0.717) is 12.3 Å². The van der Waals surface area contributed by atoms with Gasteiger partial charge in [0.15, 0.2) is 0 Å². The first-order valence-corrected chi connectivity index (χ1v) is 6.45. The van der Waals surface area contributed by atoms with Crippen LogP contribution in [0.4, 0.5) is 0 Å². The molecule has 2 rings (SSSR count). The molecular weight excluding hydrogens is 220 g/mol. The van der Waals surface area contributed by atoms with Gasteiger partial charge in [-0.3, -0.25) is 4.79 Å². The third-order valence-corrected chi connectivity index (χ3v) is 3.94. The van der Waals surface area contributed by atoms with Gasteiger partial charge in [-0.05, 0) is 25.3 Å². The normalized spacial score (nSPS) is 38.4. The summed E-state index contributed by atoms with van der Waals surface area (Å²) in [4.78, 5) is 13.6. The molecule has 1 amide bonds. The van der Waals surface area contributed by atoms with E-state index in [-0.39, 0.29) is 25.0 Å². The zero-order chi connectivity index (χ0) is 12.4. The molecule has 2 fully saturated rings. The number of rotatable bonds is 2. The molecule has 0 aliphatic carbocycles. The molecular formula is C12H22N2O3. The molecule has 0 bridgehead atoms. The van der Waals surface area contributed by atoms with Crippen molar-refractivity contribution in [3.05, 3.63) is 0 Å². The highest BCUT2D eigenvalue weighted by Crippen LogP contribution is 2.20. The highest BCUT2D eigenvalue weighted by Gasteiger charge is 2.34. The van der Waals surface area contributed by atoms with Crippen molar-refractivity contribution >= 4 is 5.91 Å². The highest BCUT2D eigenvalue weighted by molar-refractivity contribution is 5.77. The summed E-state index contributed by atoms with van der Waals surface area (Å²) < 4.78 is 0. The van der Waals surface area contributed by atoms with Gasteiger partial charge in [-0.25, -0.2) is 0 Å². The van der Waals surface area contributed by atoms with Gasteiger partial charge >= 0.3 is 0 Å². The lowest BCUT2D eigenvalue weighted by Gasteiger charge is -2.30. The summed E-state index contributed by atoms with van der Waals surface area (Å²) in [6.45, 7) is 3.67. The minimum atomic E-state index is -0.782. The molecule has 3 N–H and O–H groups in total. The second-order valence-electron chi connectivity index (χ2n) is 5.32. The van der Waals surface area contributed by atoms with Crippen LogP contribution in [0.1, 0.15) is 26.2 Å². The molecule has 0 spiro atoms. The molecule has 0 saturated carbocycles. The van der Waals surface area contributed by atoms with Crippen molar-refractivity contribution in [2.45, 2.75) is 44.4 Å². The van der Waals surface area contributed by atoms with Crippen molar-refractivity contribution in [1.29, 1.82) is 0 Å². The van der Waals surface area contributed by atoms with Crippen molar-refractivity contribution in [1.82, 2.24) is 10.2 Å². The first kappa shape index (κ1) is 12.8. The average Bonchev–Trinajstić information content (AvgIpc) is 2.63. The lowest BCUT2D eigenvalue weighted by atomic mass is 9.90. The summed E-state index contributed by atoms with van der Waals surface area (Å²) in [6, 6.07) is 0.242. The lowest BCUT2D eigenvalue weighted by Crippen LogP contribution is -2.44. The summed E-state index contributed by atoms with van der Waals surface area (Å²) in [5.74, 6) is 0.553. The largest absolute Gasteiger partial charge is 0.388 e. The van der Waals surface area contributed by atoms with Gasteiger partial charge in [-0.15, -0.1) is 0 Å². The van der Waals surface area contributed by atoms with Crippen LogP contribution in [0.15, 0.2) is 0 Å². The quantitative estimate of drug-likeness (QED) is 0.600. The van der Waals surface area contributed by atoms with E-state index in [0.717, 1.165) is 13.0 Å². The number of nitrogens with one attached hydrogen (secondary N) is 1. The maximum absolute atomic E-state index is 12.0. The number of hydrogen-bond acceptors (Lipinski definition) is 4. The van der Waals surface area contributed by atoms with Gasteiger partial charge in [0.25, 0.3) is 0 Å². The molecule has 4 unspecified atom stereocenters. The number of hydrogen-bond donors (Lipinski definition) is 3. The number of aliphatic hydroxyl groups is 2. The zero-order valence-electron chi connectivity index (χ0n) is 10.3. The van der Waals surface area contributed by atoms with Gasteiger partial charge in [0.1, 0.15) is 0 Å². The van der Waals surface area contributed by atoms with Crippen LogP contribution in [0, 0.1) is 5.92 Å². The first-order valence-electron chi connectivity index (χ1n) is 6.45. The Morgan fingerprint density at radius 3 is 2.59 bits per heavy atom. The molecule has 0 aromatic rings. The predicted molar refractivity (Wildman–Crippen MR) is 63.4 cm³/mol. The van der Waals surface area contributed by atoms with Crippen LogP contribution in [-0.2, 0) is 4.79 Å². The number of likely N-dealkylation sites (tertiary alicyclic amines) is 1. The monoisotopic (exact) mass is 242 g/mol. The smallest absolute Gasteiger partial charge is 0.224 e.